The van der Waals surface area contributed by atoms with Gasteiger partial charge in [-0.2, -0.15) is 0 Å². The molecule has 1 aliphatic rings. The summed E-state index contributed by atoms with van der Waals surface area (Å²) < 4.78 is 0. The Bertz CT molecular complexity index is 420. The van der Waals surface area contributed by atoms with Gasteiger partial charge in [-0.15, -0.1) is 0 Å². The normalized spacial score (nSPS) is 19.2. The first-order valence-electron chi connectivity index (χ1n) is 6.78. The van der Waals surface area contributed by atoms with E-state index in [9.17, 15) is 9.90 Å². The van der Waals surface area contributed by atoms with Gasteiger partial charge in [0.25, 0.3) is 0 Å². The third-order valence-corrected chi connectivity index (χ3v) is 3.98. The van der Waals surface area contributed by atoms with E-state index in [1.165, 1.54) is 0 Å². The van der Waals surface area contributed by atoms with E-state index in [1.807, 2.05) is 25.1 Å². The molecular formula is C15H21NO2. The fourth-order valence-electron chi connectivity index (χ4n) is 2.92. The number of rotatable bonds is 3. The molecular weight excluding hydrogens is 226 g/mol. The van der Waals surface area contributed by atoms with Crippen molar-refractivity contribution in [2.75, 3.05) is 0 Å². The number of nitrogens with zero attached hydrogens (tertiary/aromatic N) is 1. The van der Waals surface area contributed by atoms with Gasteiger partial charge in [0.2, 0.25) is 0 Å². The summed E-state index contributed by atoms with van der Waals surface area (Å²) in [5.41, 5.74) is 1.29. The Kier molecular flexibility index (Phi) is 4.00. The molecule has 1 aromatic heterocycles. The van der Waals surface area contributed by atoms with Crippen LogP contribution < -0.4 is 0 Å². The number of carboxylic acids is 1. The maximum atomic E-state index is 11.7. The number of pyridine rings is 1. The van der Waals surface area contributed by atoms with Crippen molar-refractivity contribution < 1.29 is 9.90 Å². The monoisotopic (exact) mass is 247 g/mol. The highest BCUT2D eigenvalue weighted by molar-refractivity contribution is 5.75. The van der Waals surface area contributed by atoms with E-state index in [-0.39, 0.29) is 0 Å². The fourth-order valence-corrected chi connectivity index (χ4v) is 2.92. The van der Waals surface area contributed by atoms with E-state index in [2.05, 4.69) is 4.98 Å². The SMILES string of the molecule is Cc1cccc(CC2(C(=O)O)CCCCCC2)n1. The Hall–Kier alpha value is -1.38. The highest BCUT2D eigenvalue weighted by Crippen LogP contribution is 2.38. The number of aliphatic carboxylic acids is 1. The first kappa shape index (κ1) is 13.1. The van der Waals surface area contributed by atoms with Crippen molar-refractivity contribution in [1.29, 1.82) is 0 Å². The van der Waals surface area contributed by atoms with Gasteiger partial charge in [-0.05, 0) is 31.9 Å². The molecule has 98 valence electrons. The minimum Gasteiger partial charge on any atom is -0.481 e. The van der Waals surface area contributed by atoms with Crippen LogP contribution in [-0.4, -0.2) is 16.1 Å². The molecule has 0 saturated heterocycles. The summed E-state index contributed by atoms with van der Waals surface area (Å²) in [6.07, 6.45) is 6.53. The van der Waals surface area contributed by atoms with Gasteiger partial charge >= 0.3 is 5.97 Å². The van der Waals surface area contributed by atoms with Gasteiger partial charge in [0.15, 0.2) is 0 Å². The molecule has 2 rings (SSSR count). The lowest BCUT2D eigenvalue weighted by Gasteiger charge is -2.27. The summed E-state index contributed by atoms with van der Waals surface area (Å²) in [5, 5.41) is 9.62. The van der Waals surface area contributed by atoms with Crippen LogP contribution >= 0.6 is 0 Å². The summed E-state index contributed by atoms with van der Waals surface area (Å²) in [4.78, 5) is 16.2. The average Bonchev–Trinajstić information content (AvgIpc) is 2.55. The second-order valence-electron chi connectivity index (χ2n) is 5.45. The quantitative estimate of drug-likeness (QED) is 0.833. The molecule has 1 heterocycles. The van der Waals surface area contributed by atoms with E-state index < -0.39 is 11.4 Å². The molecule has 3 heteroatoms. The Balaban J connectivity index is 2.22. The van der Waals surface area contributed by atoms with E-state index in [0.717, 1.165) is 49.9 Å². The zero-order valence-corrected chi connectivity index (χ0v) is 11.0. The molecule has 0 spiro atoms. The van der Waals surface area contributed by atoms with Crippen LogP contribution in [0.1, 0.15) is 49.9 Å². The predicted octanol–water partition coefficient (Wildman–Crippen LogP) is 3.36. The number of hydrogen-bond acceptors (Lipinski definition) is 2. The molecule has 0 aliphatic heterocycles. The van der Waals surface area contributed by atoms with Gasteiger partial charge in [0.1, 0.15) is 0 Å². The lowest BCUT2D eigenvalue weighted by molar-refractivity contribution is -0.149. The van der Waals surface area contributed by atoms with E-state index in [1.54, 1.807) is 0 Å². The first-order chi connectivity index (χ1) is 8.62. The third kappa shape index (κ3) is 2.89. The Morgan fingerprint density at radius 1 is 1.28 bits per heavy atom. The summed E-state index contributed by atoms with van der Waals surface area (Å²) in [5.74, 6) is -0.646. The van der Waals surface area contributed by atoms with Crippen LogP contribution in [-0.2, 0) is 11.2 Å². The van der Waals surface area contributed by atoms with Gasteiger partial charge in [-0.1, -0.05) is 31.7 Å². The van der Waals surface area contributed by atoms with Crippen LogP contribution in [0.5, 0.6) is 0 Å². The second-order valence-corrected chi connectivity index (χ2v) is 5.45. The molecule has 0 aromatic carbocycles. The van der Waals surface area contributed by atoms with Crippen LogP contribution in [0.15, 0.2) is 18.2 Å². The van der Waals surface area contributed by atoms with Crippen molar-refractivity contribution >= 4 is 5.97 Å². The van der Waals surface area contributed by atoms with Crippen molar-refractivity contribution in [2.45, 2.75) is 51.9 Å². The molecule has 0 amide bonds. The van der Waals surface area contributed by atoms with Crippen molar-refractivity contribution in [3.8, 4) is 0 Å². The zero-order chi connectivity index (χ0) is 13.0. The Labute approximate surface area is 108 Å². The maximum Gasteiger partial charge on any atom is 0.310 e. The Morgan fingerprint density at radius 2 is 1.94 bits per heavy atom. The molecule has 1 aliphatic carbocycles. The van der Waals surface area contributed by atoms with Crippen LogP contribution in [0, 0.1) is 12.3 Å². The van der Waals surface area contributed by atoms with Gasteiger partial charge in [-0.25, -0.2) is 0 Å². The van der Waals surface area contributed by atoms with Crippen molar-refractivity contribution in [1.82, 2.24) is 4.98 Å². The molecule has 1 saturated carbocycles. The third-order valence-electron chi connectivity index (χ3n) is 3.98. The summed E-state index contributed by atoms with van der Waals surface area (Å²) in [6.45, 7) is 1.95. The molecule has 1 fully saturated rings. The van der Waals surface area contributed by atoms with Crippen molar-refractivity contribution in [3.63, 3.8) is 0 Å². The van der Waals surface area contributed by atoms with Crippen LogP contribution in [0.25, 0.3) is 0 Å². The average molecular weight is 247 g/mol. The van der Waals surface area contributed by atoms with Crippen LogP contribution in [0.2, 0.25) is 0 Å². The summed E-state index contributed by atoms with van der Waals surface area (Å²) in [6, 6.07) is 5.86. The van der Waals surface area contributed by atoms with Crippen LogP contribution in [0.3, 0.4) is 0 Å². The lowest BCUT2D eigenvalue weighted by atomic mass is 9.76. The molecule has 0 bridgehead atoms. The Morgan fingerprint density at radius 3 is 2.50 bits per heavy atom. The van der Waals surface area contributed by atoms with Gasteiger partial charge in [0.05, 0.1) is 5.41 Å². The largest absolute Gasteiger partial charge is 0.481 e. The smallest absolute Gasteiger partial charge is 0.310 e. The van der Waals surface area contributed by atoms with Crippen molar-refractivity contribution in [2.24, 2.45) is 5.41 Å². The first-order valence-corrected chi connectivity index (χ1v) is 6.78. The highest BCUT2D eigenvalue weighted by Gasteiger charge is 2.38. The minimum absolute atomic E-state index is 0.573. The number of aryl methyl sites for hydroxylation is 1. The molecule has 1 aromatic rings. The molecule has 0 radical (unpaired) electrons. The standard InChI is InChI=1S/C15H21NO2/c1-12-7-6-8-13(16-12)11-15(14(17)18)9-4-2-3-5-10-15/h6-8H,2-5,9-11H2,1H3,(H,17,18). The van der Waals surface area contributed by atoms with Gasteiger partial charge in [0, 0.05) is 17.8 Å². The van der Waals surface area contributed by atoms with E-state index in [0.29, 0.717) is 6.42 Å². The maximum absolute atomic E-state index is 11.7. The number of hydrogen-bond donors (Lipinski definition) is 1. The number of carbonyl (C=O) groups is 1. The van der Waals surface area contributed by atoms with Crippen LogP contribution in [0.4, 0.5) is 0 Å². The van der Waals surface area contributed by atoms with E-state index in [4.69, 9.17) is 0 Å². The molecule has 0 unspecified atom stereocenters. The lowest BCUT2D eigenvalue weighted by Crippen LogP contribution is -2.33. The van der Waals surface area contributed by atoms with Crippen molar-refractivity contribution in [3.05, 3.63) is 29.6 Å². The number of aromatic nitrogens is 1. The zero-order valence-electron chi connectivity index (χ0n) is 11.0. The highest BCUT2D eigenvalue weighted by atomic mass is 16.4. The second kappa shape index (κ2) is 5.51. The molecule has 0 atom stereocenters. The van der Waals surface area contributed by atoms with Gasteiger partial charge in [-0.3, -0.25) is 9.78 Å². The minimum atomic E-state index is -0.646. The fraction of sp³-hybridized carbons (Fsp3) is 0.600. The topological polar surface area (TPSA) is 50.2 Å². The molecule has 18 heavy (non-hydrogen) atoms. The molecule has 1 N–H and O–H groups in total. The number of carboxylic acid groups (broad SMARTS) is 1. The van der Waals surface area contributed by atoms with E-state index >= 15 is 0 Å². The summed E-state index contributed by atoms with van der Waals surface area (Å²) in [7, 11) is 0. The van der Waals surface area contributed by atoms with Gasteiger partial charge < -0.3 is 5.11 Å². The predicted molar refractivity (Wildman–Crippen MR) is 70.4 cm³/mol. The summed E-state index contributed by atoms with van der Waals surface area (Å²) >= 11 is 0. The molecule has 3 nitrogen and oxygen atoms in total.